The Morgan fingerprint density at radius 1 is 1.04 bits per heavy atom. The third-order valence-corrected chi connectivity index (χ3v) is 4.59. The highest BCUT2D eigenvalue weighted by Crippen LogP contribution is 2.29. The fourth-order valence-electron chi connectivity index (χ4n) is 3.04. The molecule has 2 atom stereocenters. The fraction of sp³-hybridized carbons (Fsp3) is 0.238. The number of aromatic nitrogens is 2. The number of aromatic amines is 1. The summed E-state index contributed by atoms with van der Waals surface area (Å²) in [7, 11) is 0. The third-order valence-electron chi connectivity index (χ3n) is 4.59. The lowest BCUT2D eigenvalue weighted by molar-refractivity contribution is 0.0965. The van der Waals surface area contributed by atoms with Crippen LogP contribution < -0.4 is 5.73 Å². The molecule has 0 saturated carbocycles. The van der Waals surface area contributed by atoms with Crippen LogP contribution in [0, 0.1) is 0 Å². The highest BCUT2D eigenvalue weighted by atomic mass is 16.3. The minimum atomic E-state index is -1.11. The Balaban J connectivity index is 1.82. The second kappa shape index (κ2) is 8.73. The molecule has 1 aromatic heterocycles. The molecule has 0 bridgehead atoms. The SMILES string of the molecule is N[C@H](CO)[C@H](O)c1cnc(C(=O)CC(c2ccccc2)c2ccccc2)[nH]1. The number of imidazole rings is 1. The molecule has 2 aromatic carbocycles. The molecule has 6 heteroatoms. The van der Waals surface area contributed by atoms with Gasteiger partial charge in [-0.15, -0.1) is 0 Å². The average Bonchev–Trinajstić information content (AvgIpc) is 3.22. The van der Waals surface area contributed by atoms with Crippen molar-refractivity contribution >= 4 is 5.78 Å². The van der Waals surface area contributed by atoms with Crippen LogP contribution in [0.1, 0.15) is 45.9 Å². The van der Waals surface area contributed by atoms with Crippen LogP contribution in [0.3, 0.4) is 0 Å². The number of carbonyl (C=O) groups excluding carboxylic acids is 1. The van der Waals surface area contributed by atoms with Crippen molar-refractivity contribution in [3.8, 4) is 0 Å². The van der Waals surface area contributed by atoms with E-state index < -0.39 is 12.1 Å². The molecule has 0 aliphatic heterocycles. The molecule has 140 valence electrons. The summed E-state index contributed by atoms with van der Waals surface area (Å²) < 4.78 is 0. The Labute approximate surface area is 157 Å². The van der Waals surface area contributed by atoms with E-state index in [1.807, 2.05) is 60.7 Å². The van der Waals surface area contributed by atoms with Crippen molar-refractivity contribution in [3.63, 3.8) is 0 Å². The summed E-state index contributed by atoms with van der Waals surface area (Å²) >= 11 is 0. The molecule has 3 rings (SSSR count). The van der Waals surface area contributed by atoms with E-state index in [2.05, 4.69) is 9.97 Å². The first kappa shape index (κ1) is 19.0. The van der Waals surface area contributed by atoms with Crippen molar-refractivity contribution in [2.45, 2.75) is 24.5 Å². The lowest BCUT2D eigenvalue weighted by Crippen LogP contribution is -2.32. The largest absolute Gasteiger partial charge is 0.395 e. The monoisotopic (exact) mass is 365 g/mol. The molecule has 5 N–H and O–H groups in total. The first-order valence-electron chi connectivity index (χ1n) is 8.82. The number of aliphatic hydroxyl groups is 2. The lowest BCUT2D eigenvalue weighted by atomic mass is 9.87. The predicted molar refractivity (Wildman–Crippen MR) is 102 cm³/mol. The summed E-state index contributed by atoms with van der Waals surface area (Å²) in [6, 6.07) is 18.9. The summed E-state index contributed by atoms with van der Waals surface area (Å²) in [4.78, 5) is 19.7. The van der Waals surface area contributed by atoms with Crippen molar-refractivity contribution in [3.05, 3.63) is 89.5 Å². The number of hydrogen-bond donors (Lipinski definition) is 4. The quantitative estimate of drug-likeness (QED) is 0.457. The Morgan fingerprint density at radius 2 is 1.59 bits per heavy atom. The van der Waals surface area contributed by atoms with E-state index in [1.165, 1.54) is 6.20 Å². The fourth-order valence-corrected chi connectivity index (χ4v) is 3.04. The number of H-pyrrole nitrogens is 1. The van der Waals surface area contributed by atoms with E-state index in [0.717, 1.165) is 11.1 Å². The molecular formula is C21H23N3O3. The average molecular weight is 365 g/mol. The van der Waals surface area contributed by atoms with Crippen molar-refractivity contribution in [1.29, 1.82) is 0 Å². The van der Waals surface area contributed by atoms with Crippen LogP contribution >= 0.6 is 0 Å². The van der Waals surface area contributed by atoms with Gasteiger partial charge >= 0.3 is 0 Å². The Bertz CT molecular complexity index is 825. The molecule has 27 heavy (non-hydrogen) atoms. The number of Topliss-reactive ketones (excluding diaryl/α,β-unsaturated/α-hetero) is 1. The van der Waals surface area contributed by atoms with E-state index >= 15 is 0 Å². The van der Waals surface area contributed by atoms with Crippen LogP contribution in [0.5, 0.6) is 0 Å². The molecule has 0 fully saturated rings. The van der Waals surface area contributed by atoms with E-state index in [-0.39, 0.29) is 30.6 Å². The predicted octanol–water partition coefficient (Wildman–Crippen LogP) is 2.17. The molecule has 6 nitrogen and oxygen atoms in total. The molecule has 0 amide bonds. The number of hydrogen-bond acceptors (Lipinski definition) is 5. The van der Waals surface area contributed by atoms with Gasteiger partial charge in [0.05, 0.1) is 24.5 Å². The van der Waals surface area contributed by atoms with Gasteiger partial charge in [-0.05, 0) is 11.1 Å². The van der Waals surface area contributed by atoms with Gasteiger partial charge in [-0.2, -0.15) is 0 Å². The minimum absolute atomic E-state index is 0.0990. The second-order valence-corrected chi connectivity index (χ2v) is 6.48. The number of aliphatic hydroxyl groups excluding tert-OH is 2. The Morgan fingerprint density at radius 3 is 2.11 bits per heavy atom. The highest BCUT2D eigenvalue weighted by molar-refractivity contribution is 5.93. The van der Waals surface area contributed by atoms with Crippen molar-refractivity contribution in [1.82, 2.24) is 9.97 Å². The Hall–Kier alpha value is -2.80. The first-order valence-corrected chi connectivity index (χ1v) is 8.82. The number of rotatable bonds is 8. The molecule has 0 aliphatic rings. The van der Waals surface area contributed by atoms with Crippen molar-refractivity contribution in [2.75, 3.05) is 6.61 Å². The van der Waals surface area contributed by atoms with E-state index in [1.54, 1.807) is 0 Å². The number of nitrogens with zero attached hydrogens (tertiary/aromatic N) is 1. The number of nitrogens with one attached hydrogen (secondary N) is 1. The second-order valence-electron chi connectivity index (χ2n) is 6.48. The van der Waals surface area contributed by atoms with Gasteiger partial charge in [0.1, 0.15) is 6.10 Å². The molecule has 1 heterocycles. The highest BCUT2D eigenvalue weighted by Gasteiger charge is 2.23. The van der Waals surface area contributed by atoms with Gasteiger partial charge in [-0.3, -0.25) is 4.79 Å². The molecule has 0 spiro atoms. The van der Waals surface area contributed by atoms with Crippen molar-refractivity contribution in [2.24, 2.45) is 5.73 Å². The molecule has 0 aliphatic carbocycles. The van der Waals surface area contributed by atoms with Crippen molar-refractivity contribution < 1.29 is 15.0 Å². The van der Waals surface area contributed by atoms with Crippen LogP contribution in [0.25, 0.3) is 0 Å². The summed E-state index contributed by atoms with van der Waals surface area (Å²) in [6.07, 6.45) is 0.513. The molecular weight excluding hydrogens is 342 g/mol. The first-order chi connectivity index (χ1) is 13.1. The maximum atomic E-state index is 12.8. The molecule has 0 radical (unpaired) electrons. The maximum absolute atomic E-state index is 12.8. The standard InChI is InChI=1S/C21H23N3O3/c22-17(13-25)20(27)18-12-23-21(24-18)19(26)11-16(14-7-3-1-4-8-14)15-9-5-2-6-10-15/h1-10,12,16-17,20,25,27H,11,13,22H2,(H,23,24)/t17-,20+/m1/s1. The molecule has 0 saturated heterocycles. The van der Waals surface area contributed by atoms with Crippen LogP contribution in [0.2, 0.25) is 0 Å². The zero-order valence-electron chi connectivity index (χ0n) is 14.8. The normalized spacial score (nSPS) is 13.5. The summed E-state index contributed by atoms with van der Waals surface area (Å²) in [5.41, 5.74) is 8.04. The summed E-state index contributed by atoms with van der Waals surface area (Å²) in [6.45, 7) is -0.368. The van der Waals surface area contributed by atoms with Crippen LogP contribution in [0.4, 0.5) is 0 Å². The number of ketones is 1. The topological polar surface area (TPSA) is 112 Å². The number of benzene rings is 2. The van der Waals surface area contributed by atoms with Gasteiger partial charge in [0.2, 0.25) is 0 Å². The van der Waals surface area contributed by atoms with E-state index in [4.69, 9.17) is 10.8 Å². The number of nitrogens with two attached hydrogens (primary N) is 1. The minimum Gasteiger partial charge on any atom is -0.395 e. The molecule has 0 unspecified atom stereocenters. The van der Waals surface area contributed by atoms with E-state index in [9.17, 15) is 9.90 Å². The summed E-state index contributed by atoms with van der Waals surface area (Å²) in [5, 5.41) is 19.1. The van der Waals surface area contributed by atoms with Gasteiger partial charge in [0, 0.05) is 12.3 Å². The van der Waals surface area contributed by atoms with Gasteiger partial charge in [0.15, 0.2) is 11.6 Å². The molecule has 3 aromatic rings. The van der Waals surface area contributed by atoms with Crippen LogP contribution in [-0.2, 0) is 0 Å². The van der Waals surface area contributed by atoms with Gasteiger partial charge in [0.25, 0.3) is 0 Å². The van der Waals surface area contributed by atoms with Crippen LogP contribution in [-0.4, -0.2) is 38.6 Å². The summed E-state index contributed by atoms with van der Waals surface area (Å²) in [5.74, 6) is -0.0900. The Kier molecular flexibility index (Phi) is 6.13. The third kappa shape index (κ3) is 4.49. The van der Waals surface area contributed by atoms with Crippen LogP contribution in [0.15, 0.2) is 66.9 Å². The zero-order valence-corrected chi connectivity index (χ0v) is 14.8. The zero-order chi connectivity index (χ0) is 19.2. The number of carbonyl (C=O) groups is 1. The lowest BCUT2D eigenvalue weighted by Gasteiger charge is -2.17. The smallest absolute Gasteiger partial charge is 0.198 e. The maximum Gasteiger partial charge on any atom is 0.198 e. The van der Waals surface area contributed by atoms with Gasteiger partial charge < -0.3 is 20.9 Å². The van der Waals surface area contributed by atoms with Gasteiger partial charge in [-0.25, -0.2) is 4.98 Å². The van der Waals surface area contributed by atoms with Gasteiger partial charge in [-0.1, -0.05) is 60.7 Å². The van der Waals surface area contributed by atoms with E-state index in [0.29, 0.717) is 5.69 Å².